The summed E-state index contributed by atoms with van der Waals surface area (Å²) < 4.78 is 37.1. The number of rotatable bonds is 5. The zero-order chi connectivity index (χ0) is 14.0. The van der Waals surface area contributed by atoms with Gasteiger partial charge in [0.05, 0.1) is 19.3 Å². The highest BCUT2D eigenvalue weighted by Gasteiger charge is 2.42. The van der Waals surface area contributed by atoms with E-state index in [1.807, 2.05) is 13.8 Å². The molecule has 0 spiro atoms. The molecule has 1 aliphatic carbocycles. The maximum absolute atomic E-state index is 12.4. The quantitative estimate of drug-likeness (QED) is 0.797. The van der Waals surface area contributed by atoms with Crippen molar-refractivity contribution in [2.75, 3.05) is 26.2 Å². The summed E-state index contributed by atoms with van der Waals surface area (Å²) in [5.41, 5.74) is -0.228. The summed E-state index contributed by atoms with van der Waals surface area (Å²) in [4.78, 5) is 1.18. The average Bonchev–Trinajstić information content (AvgIpc) is 2.43. The number of alkyl halides is 3. The Morgan fingerprint density at radius 3 is 2.33 bits per heavy atom. The smallest absolute Gasteiger partial charge is 0.395 e. The van der Waals surface area contributed by atoms with Gasteiger partial charge in [-0.25, -0.2) is 0 Å². The highest BCUT2D eigenvalue weighted by molar-refractivity contribution is 4.92. The van der Waals surface area contributed by atoms with Gasteiger partial charge in [-0.15, -0.1) is 0 Å². The van der Waals surface area contributed by atoms with Gasteiger partial charge >= 0.3 is 6.18 Å². The molecule has 0 saturated heterocycles. The lowest BCUT2D eigenvalue weighted by atomic mass is 9.87. The third-order valence-corrected chi connectivity index (χ3v) is 3.72. The van der Waals surface area contributed by atoms with Crippen molar-refractivity contribution in [3.63, 3.8) is 0 Å². The minimum Gasteiger partial charge on any atom is -0.395 e. The summed E-state index contributed by atoms with van der Waals surface area (Å²) in [6, 6.07) is 0. The lowest BCUT2D eigenvalue weighted by Gasteiger charge is -2.30. The van der Waals surface area contributed by atoms with Crippen LogP contribution in [0.5, 0.6) is 0 Å². The van der Waals surface area contributed by atoms with Gasteiger partial charge in [0.1, 0.15) is 0 Å². The van der Waals surface area contributed by atoms with Gasteiger partial charge in [0.2, 0.25) is 0 Å². The van der Waals surface area contributed by atoms with Crippen LogP contribution in [0.25, 0.3) is 0 Å². The van der Waals surface area contributed by atoms with Crippen LogP contribution in [0.4, 0.5) is 13.2 Å². The second-order valence-electron chi connectivity index (χ2n) is 5.81. The van der Waals surface area contributed by atoms with Gasteiger partial charge in [-0.3, -0.25) is 4.90 Å². The molecule has 6 heteroatoms. The predicted octanol–water partition coefficient (Wildman–Crippen LogP) is 1.64. The summed E-state index contributed by atoms with van der Waals surface area (Å²) in [5, 5.41) is 18.9. The molecule has 1 aliphatic rings. The molecule has 1 saturated carbocycles. The number of hydrogen-bond donors (Lipinski definition) is 2. The number of aliphatic hydroxyl groups excluding tert-OH is 2. The SMILES string of the molecule is CC1(C)CCC(CN(CCO)CC(F)(F)F)C1O. The maximum Gasteiger partial charge on any atom is 0.401 e. The first-order valence-electron chi connectivity index (χ1n) is 6.24. The Morgan fingerprint density at radius 1 is 1.33 bits per heavy atom. The first-order valence-corrected chi connectivity index (χ1v) is 6.24. The Morgan fingerprint density at radius 2 is 1.94 bits per heavy atom. The van der Waals surface area contributed by atoms with Gasteiger partial charge < -0.3 is 10.2 Å². The fraction of sp³-hybridized carbons (Fsp3) is 1.00. The molecule has 0 heterocycles. The highest BCUT2D eigenvalue weighted by Crippen LogP contribution is 2.41. The molecular formula is C12H22F3NO2. The normalized spacial score (nSPS) is 28.0. The highest BCUT2D eigenvalue weighted by atomic mass is 19.4. The first-order chi connectivity index (χ1) is 8.15. The van der Waals surface area contributed by atoms with E-state index in [0.29, 0.717) is 0 Å². The van der Waals surface area contributed by atoms with E-state index in [1.54, 1.807) is 0 Å². The van der Waals surface area contributed by atoms with Crippen molar-refractivity contribution < 1.29 is 23.4 Å². The fourth-order valence-electron chi connectivity index (χ4n) is 2.65. The average molecular weight is 269 g/mol. The van der Waals surface area contributed by atoms with Gasteiger partial charge in [-0.05, 0) is 24.2 Å². The molecule has 0 aromatic rings. The molecule has 2 unspecified atom stereocenters. The Bertz CT molecular complexity index is 269. The van der Waals surface area contributed by atoms with E-state index in [4.69, 9.17) is 5.11 Å². The van der Waals surface area contributed by atoms with Crippen molar-refractivity contribution in [2.45, 2.75) is 39.0 Å². The number of nitrogens with zero attached hydrogens (tertiary/aromatic N) is 1. The van der Waals surface area contributed by atoms with Crippen LogP contribution in [0.2, 0.25) is 0 Å². The molecule has 1 fully saturated rings. The van der Waals surface area contributed by atoms with Crippen molar-refractivity contribution in [2.24, 2.45) is 11.3 Å². The third kappa shape index (κ3) is 4.40. The van der Waals surface area contributed by atoms with Crippen molar-refractivity contribution >= 4 is 0 Å². The molecule has 2 atom stereocenters. The molecule has 18 heavy (non-hydrogen) atoms. The predicted molar refractivity (Wildman–Crippen MR) is 62.1 cm³/mol. The van der Waals surface area contributed by atoms with E-state index in [2.05, 4.69) is 0 Å². The summed E-state index contributed by atoms with van der Waals surface area (Å²) in [6.07, 6.45) is -3.30. The monoisotopic (exact) mass is 269 g/mol. The molecular weight excluding hydrogens is 247 g/mol. The fourth-order valence-corrected chi connectivity index (χ4v) is 2.65. The van der Waals surface area contributed by atoms with Gasteiger partial charge in [0.25, 0.3) is 0 Å². The Hall–Kier alpha value is -0.330. The third-order valence-electron chi connectivity index (χ3n) is 3.72. The minimum absolute atomic E-state index is 0.0108. The van der Waals surface area contributed by atoms with Gasteiger partial charge in [-0.1, -0.05) is 13.8 Å². The van der Waals surface area contributed by atoms with E-state index >= 15 is 0 Å². The largest absolute Gasteiger partial charge is 0.401 e. The minimum atomic E-state index is -4.27. The Labute approximate surface area is 106 Å². The molecule has 0 radical (unpaired) electrons. The second-order valence-corrected chi connectivity index (χ2v) is 5.81. The van der Waals surface area contributed by atoms with E-state index in [9.17, 15) is 18.3 Å². The topological polar surface area (TPSA) is 43.7 Å². The van der Waals surface area contributed by atoms with Gasteiger partial charge in [0, 0.05) is 13.1 Å². The molecule has 3 nitrogen and oxygen atoms in total. The van der Waals surface area contributed by atoms with Gasteiger partial charge in [0.15, 0.2) is 0 Å². The molecule has 0 aromatic carbocycles. The van der Waals surface area contributed by atoms with Crippen molar-refractivity contribution in [1.29, 1.82) is 0 Å². The van der Waals surface area contributed by atoms with Crippen LogP contribution >= 0.6 is 0 Å². The standard InChI is InChI=1S/C12H22F3NO2/c1-11(2)4-3-9(10(11)18)7-16(5-6-17)8-12(13,14)15/h9-10,17-18H,3-8H2,1-2H3. The second kappa shape index (κ2) is 5.75. The molecule has 2 N–H and O–H groups in total. The zero-order valence-electron chi connectivity index (χ0n) is 10.9. The van der Waals surface area contributed by atoms with Crippen LogP contribution in [0, 0.1) is 11.3 Å². The van der Waals surface area contributed by atoms with Crippen LogP contribution in [-0.2, 0) is 0 Å². The molecule has 0 bridgehead atoms. The van der Waals surface area contributed by atoms with Crippen LogP contribution in [-0.4, -0.2) is 53.6 Å². The van der Waals surface area contributed by atoms with Crippen LogP contribution < -0.4 is 0 Å². The molecule has 0 aromatic heterocycles. The van der Waals surface area contributed by atoms with Crippen molar-refractivity contribution in [3.8, 4) is 0 Å². The first kappa shape index (κ1) is 15.7. The number of hydrogen-bond acceptors (Lipinski definition) is 3. The van der Waals surface area contributed by atoms with Crippen molar-refractivity contribution in [1.82, 2.24) is 4.90 Å². The summed E-state index contributed by atoms with van der Waals surface area (Å²) in [6.45, 7) is 2.70. The van der Waals surface area contributed by atoms with Crippen LogP contribution in [0.3, 0.4) is 0 Å². The van der Waals surface area contributed by atoms with Gasteiger partial charge in [-0.2, -0.15) is 13.2 Å². The maximum atomic E-state index is 12.4. The molecule has 0 aliphatic heterocycles. The van der Waals surface area contributed by atoms with E-state index in [1.165, 1.54) is 4.90 Å². The zero-order valence-corrected chi connectivity index (χ0v) is 10.9. The molecule has 108 valence electrons. The molecule has 0 amide bonds. The Balaban J connectivity index is 2.57. The summed E-state index contributed by atoms with van der Waals surface area (Å²) in [7, 11) is 0. The summed E-state index contributed by atoms with van der Waals surface area (Å²) in [5.74, 6) is -0.145. The number of halogens is 3. The Kier molecular flexibility index (Phi) is 5.03. The lowest BCUT2D eigenvalue weighted by Crippen LogP contribution is -2.42. The van der Waals surface area contributed by atoms with Crippen LogP contribution in [0.15, 0.2) is 0 Å². The van der Waals surface area contributed by atoms with E-state index in [-0.39, 0.29) is 31.0 Å². The van der Waals surface area contributed by atoms with E-state index < -0.39 is 18.8 Å². The summed E-state index contributed by atoms with van der Waals surface area (Å²) >= 11 is 0. The van der Waals surface area contributed by atoms with Crippen molar-refractivity contribution in [3.05, 3.63) is 0 Å². The van der Waals surface area contributed by atoms with E-state index in [0.717, 1.165) is 12.8 Å². The lowest BCUT2D eigenvalue weighted by molar-refractivity contribution is -0.149. The van der Waals surface area contributed by atoms with Crippen LogP contribution in [0.1, 0.15) is 26.7 Å². The number of aliphatic hydroxyl groups is 2. The molecule has 1 rings (SSSR count).